The third kappa shape index (κ3) is 5.28. The van der Waals surface area contributed by atoms with Crippen LogP contribution in [-0.4, -0.2) is 38.1 Å². The van der Waals surface area contributed by atoms with E-state index in [1.54, 1.807) is 37.3 Å². The number of rotatable bonds is 8. The van der Waals surface area contributed by atoms with Crippen LogP contribution >= 0.6 is 23.2 Å². The number of hydrogen-bond donors (Lipinski definition) is 1. The van der Waals surface area contributed by atoms with Crippen molar-refractivity contribution in [1.29, 1.82) is 5.26 Å². The fourth-order valence-electron chi connectivity index (χ4n) is 4.35. The first-order valence-electron chi connectivity index (χ1n) is 11.5. The number of amides is 1. The Morgan fingerprint density at radius 1 is 1.06 bits per heavy atom. The predicted molar refractivity (Wildman–Crippen MR) is 142 cm³/mol. The lowest BCUT2D eigenvalue weighted by Gasteiger charge is -2.31. The maximum Gasteiger partial charge on any atom is 0.229 e. The molecular weight excluding hydrogens is 517 g/mol. The highest BCUT2D eigenvalue weighted by Gasteiger charge is 2.24. The summed E-state index contributed by atoms with van der Waals surface area (Å²) in [5.41, 5.74) is 9.51. The molecule has 1 saturated heterocycles. The van der Waals surface area contributed by atoms with Gasteiger partial charge in [-0.3, -0.25) is 9.69 Å². The zero-order valence-electron chi connectivity index (χ0n) is 19.7. The molecule has 3 aromatic rings. The lowest BCUT2D eigenvalue weighted by Crippen LogP contribution is -2.36. The highest BCUT2D eigenvalue weighted by Crippen LogP contribution is 2.39. The fraction of sp³-hybridized carbons (Fsp3) is 0.259. The molecule has 0 bridgehead atoms. The minimum atomic E-state index is -3.37. The number of nitrogens with zero attached hydrogens (tertiary/aromatic N) is 2. The van der Waals surface area contributed by atoms with Crippen molar-refractivity contribution in [3.05, 3.63) is 86.9 Å². The van der Waals surface area contributed by atoms with Gasteiger partial charge < -0.3 is 5.73 Å². The summed E-state index contributed by atoms with van der Waals surface area (Å²) >= 11 is 13.3. The van der Waals surface area contributed by atoms with Crippen molar-refractivity contribution < 1.29 is 13.2 Å². The van der Waals surface area contributed by atoms with Gasteiger partial charge in [-0.15, -0.1) is 0 Å². The first kappa shape index (κ1) is 26.2. The molecule has 1 heterocycles. The average molecular weight is 542 g/mol. The Morgan fingerprint density at radius 3 is 2.19 bits per heavy atom. The van der Waals surface area contributed by atoms with Gasteiger partial charge in [0.25, 0.3) is 0 Å². The first-order chi connectivity index (χ1) is 17.1. The highest BCUT2D eigenvalue weighted by atomic mass is 35.5. The van der Waals surface area contributed by atoms with Crippen LogP contribution < -0.4 is 5.73 Å². The van der Waals surface area contributed by atoms with Gasteiger partial charge in [-0.1, -0.05) is 54.4 Å². The number of benzene rings is 3. The molecule has 1 unspecified atom stereocenters. The minimum absolute atomic E-state index is 0.0228. The Labute approximate surface area is 221 Å². The van der Waals surface area contributed by atoms with E-state index in [0.717, 1.165) is 25.2 Å². The van der Waals surface area contributed by atoms with Gasteiger partial charge in [-0.2, -0.15) is 5.26 Å². The normalized spacial score (nSPS) is 14.6. The number of carbonyl (C=O) groups is 1. The van der Waals surface area contributed by atoms with E-state index in [9.17, 15) is 18.5 Å². The lowest BCUT2D eigenvalue weighted by atomic mass is 9.89. The molecule has 1 aliphatic rings. The summed E-state index contributed by atoms with van der Waals surface area (Å²) in [6.45, 7) is 4.36. The lowest BCUT2D eigenvalue weighted by molar-refractivity contribution is -0.118. The second-order valence-electron chi connectivity index (χ2n) is 8.78. The third-order valence-corrected chi connectivity index (χ3v) is 8.84. The highest BCUT2D eigenvalue weighted by molar-refractivity contribution is 7.91. The number of halogens is 2. The molecule has 1 fully saturated rings. The summed E-state index contributed by atoms with van der Waals surface area (Å²) < 4.78 is 24.3. The second kappa shape index (κ2) is 10.6. The van der Waals surface area contributed by atoms with Gasteiger partial charge in [0.15, 0.2) is 9.84 Å². The van der Waals surface area contributed by atoms with Crippen LogP contribution in [0, 0.1) is 11.3 Å². The van der Waals surface area contributed by atoms with E-state index in [2.05, 4.69) is 11.0 Å². The van der Waals surface area contributed by atoms with E-state index in [1.165, 1.54) is 18.6 Å². The first-order valence-corrected chi connectivity index (χ1v) is 13.9. The molecular formula is C27H25Cl2N3O3S. The zero-order valence-corrected chi connectivity index (χ0v) is 22.0. The van der Waals surface area contributed by atoms with Crippen LogP contribution in [0.2, 0.25) is 10.0 Å². The van der Waals surface area contributed by atoms with Crippen LogP contribution in [0.4, 0.5) is 0 Å². The summed E-state index contributed by atoms with van der Waals surface area (Å²) in [5, 5.41) is 10.3. The Bertz CT molecular complexity index is 1440. The summed E-state index contributed by atoms with van der Waals surface area (Å²) in [6.07, 6.45) is 1.17. The topological polar surface area (TPSA) is 104 Å². The summed E-state index contributed by atoms with van der Waals surface area (Å²) in [5.74, 6) is -1.52. The monoisotopic (exact) mass is 541 g/mol. The molecule has 9 heteroatoms. The third-order valence-electron chi connectivity index (χ3n) is 6.50. The standard InChI is InChI=1S/C27H25Cl2N3O3S/c1-2-36(34,35)22-8-6-17(7-9-22)25(27(31)33)20-13-23(28)26(24(29)14-20)18-4-5-19(21(12-18)15-30)16-32-10-3-11-32/h4-9,12-14,25H,2-3,10-11,16H2,1H3,(H2,31,33). The Morgan fingerprint density at radius 2 is 1.69 bits per heavy atom. The number of hydrogen-bond acceptors (Lipinski definition) is 5. The molecule has 4 rings (SSSR count). The molecule has 6 nitrogen and oxygen atoms in total. The van der Waals surface area contributed by atoms with E-state index in [4.69, 9.17) is 28.9 Å². The number of nitrogens with two attached hydrogens (primary N) is 1. The van der Waals surface area contributed by atoms with E-state index in [1.807, 2.05) is 12.1 Å². The quantitative estimate of drug-likeness (QED) is 0.424. The van der Waals surface area contributed by atoms with Crippen molar-refractivity contribution in [1.82, 2.24) is 4.90 Å². The predicted octanol–water partition coefficient (Wildman–Crippen LogP) is 5.15. The van der Waals surface area contributed by atoms with Gasteiger partial charge in [-0.05, 0) is 72.1 Å². The number of primary amides is 1. The smallest absolute Gasteiger partial charge is 0.229 e. The van der Waals surface area contributed by atoms with E-state index in [0.29, 0.717) is 37.9 Å². The van der Waals surface area contributed by atoms with Gasteiger partial charge in [0, 0.05) is 12.1 Å². The van der Waals surface area contributed by atoms with Crippen LogP contribution in [0.5, 0.6) is 0 Å². The molecule has 0 aromatic heterocycles. The molecule has 1 aliphatic heterocycles. The molecule has 1 amide bonds. The summed E-state index contributed by atoms with van der Waals surface area (Å²) in [6, 6.07) is 17.2. The molecule has 1 atom stereocenters. The van der Waals surface area contributed by atoms with E-state index < -0.39 is 21.7 Å². The van der Waals surface area contributed by atoms with Crippen LogP contribution in [0.3, 0.4) is 0 Å². The van der Waals surface area contributed by atoms with Crippen molar-refractivity contribution in [3.8, 4) is 17.2 Å². The van der Waals surface area contributed by atoms with Crippen molar-refractivity contribution in [2.24, 2.45) is 5.73 Å². The van der Waals surface area contributed by atoms with Crippen molar-refractivity contribution in [3.63, 3.8) is 0 Å². The maximum atomic E-state index is 12.4. The SMILES string of the molecule is CCS(=O)(=O)c1ccc(C(C(N)=O)c2cc(Cl)c(-c3ccc(CN4CCC4)c(C#N)c3)c(Cl)c2)cc1. The largest absolute Gasteiger partial charge is 0.369 e. The molecule has 3 aromatic carbocycles. The second-order valence-corrected chi connectivity index (χ2v) is 11.9. The molecule has 186 valence electrons. The van der Waals surface area contributed by atoms with Gasteiger partial charge in [0.2, 0.25) is 5.91 Å². The van der Waals surface area contributed by atoms with Crippen molar-refractivity contribution in [2.45, 2.75) is 30.7 Å². The van der Waals surface area contributed by atoms with Crippen molar-refractivity contribution >= 4 is 38.9 Å². The van der Waals surface area contributed by atoms with Gasteiger partial charge in [0.1, 0.15) is 0 Å². The number of sulfone groups is 1. The summed E-state index contributed by atoms with van der Waals surface area (Å²) in [7, 11) is -3.37. The number of likely N-dealkylation sites (tertiary alicyclic amines) is 1. The van der Waals surface area contributed by atoms with E-state index in [-0.39, 0.29) is 10.6 Å². The molecule has 0 radical (unpaired) electrons. The molecule has 0 spiro atoms. The van der Waals surface area contributed by atoms with Crippen molar-refractivity contribution in [2.75, 3.05) is 18.8 Å². The van der Waals surface area contributed by atoms with Crippen LogP contribution in [0.1, 0.15) is 41.5 Å². The molecule has 0 saturated carbocycles. The molecule has 0 aliphatic carbocycles. The van der Waals surface area contributed by atoms with Crippen LogP contribution in [0.25, 0.3) is 11.1 Å². The van der Waals surface area contributed by atoms with Gasteiger partial charge in [0.05, 0.1) is 38.2 Å². The number of nitriles is 1. The molecule has 36 heavy (non-hydrogen) atoms. The number of carbonyl (C=O) groups excluding carboxylic acids is 1. The average Bonchev–Trinajstić information content (AvgIpc) is 2.81. The zero-order chi connectivity index (χ0) is 26.0. The fourth-order valence-corrected chi connectivity index (χ4v) is 5.95. The Kier molecular flexibility index (Phi) is 7.72. The van der Waals surface area contributed by atoms with Gasteiger partial charge in [-0.25, -0.2) is 8.42 Å². The maximum absolute atomic E-state index is 12.4. The molecule has 2 N–H and O–H groups in total. The van der Waals surface area contributed by atoms with Crippen LogP contribution in [0.15, 0.2) is 59.5 Å². The van der Waals surface area contributed by atoms with E-state index >= 15 is 0 Å². The van der Waals surface area contributed by atoms with Gasteiger partial charge >= 0.3 is 0 Å². The Balaban J connectivity index is 1.70. The minimum Gasteiger partial charge on any atom is -0.369 e. The van der Waals surface area contributed by atoms with Crippen LogP contribution in [-0.2, 0) is 21.2 Å². The Hall–Kier alpha value is -2.89. The summed E-state index contributed by atoms with van der Waals surface area (Å²) in [4.78, 5) is 14.9.